The molecule has 1 N–H and O–H groups in total. The predicted octanol–water partition coefficient (Wildman–Crippen LogP) is 5.77. The summed E-state index contributed by atoms with van der Waals surface area (Å²) in [6, 6.07) is 3.21. The smallest absolute Gasteiger partial charge is 0.427 e. The van der Waals surface area contributed by atoms with Gasteiger partial charge >= 0.3 is 41.8 Å². The molecule has 0 bridgehead atoms. The molecule has 0 radical (unpaired) electrons. The molecule has 0 fully saturated rings. The number of aliphatic hydroxyl groups excluding tert-OH is 1. The van der Waals surface area contributed by atoms with Gasteiger partial charge in [-0.15, -0.1) is 0 Å². The summed E-state index contributed by atoms with van der Waals surface area (Å²) in [6.45, 7) is 0.872. The third-order valence-corrected chi connectivity index (χ3v) is 3.95. The molecule has 0 aliphatic rings. The van der Waals surface area contributed by atoms with Gasteiger partial charge in [0.1, 0.15) is 5.75 Å². The third-order valence-electron chi connectivity index (χ3n) is 3.95. The number of benzene rings is 1. The molecule has 0 aromatic heterocycles. The molecule has 3 nitrogen and oxygen atoms in total. The van der Waals surface area contributed by atoms with Crippen molar-refractivity contribution < 1.29 is 71.7 Å². The molecular formula is C16H11F13O3. The molecule has 0 saturated carbocycles. The van der Waals surface area contributed by atoms with E-state index in [0.717, 1.165) is 25.1 Å². The van der Waals surface area contributed by atoms with Crippen LogP contribution in [-0.2, 0) is 4.79 Å². The molecule has 1 rings (SSSR count). The van der Waals surface area contributed by atoms with Crippen LogP contribution in [-0.4, -0.2) is 46.9 Å². The van der Waals surface area contributed by atoms with Crippen LogP contribution in [0.25, 0.3) is 0 Å². The van der Waals surface area contributed by atoms with Gasteiger partial charge in [0.15, 0.2) is 0 Å². The highest BCUT2D eigenvalue weighted by molar-refractivity contribution is 5.69. The summed E-state index contributed by atoms with van der Waals surface area (Å²) in [5.74, 6) is -39.1. The van der Waals surface area contributed by atoms with E-state index in [1.54, 1.807) is 0 Å². The van der Waals surface area contributed by atoms with Crippen LogP contribution < -0.4 is 4.74 Å². The summed E-state index contributed by atoms with van der Waals surface area (Å²) in [6.07, 6.45) is -13.2. The second kappa shape index (κ2) is 8.26. The van der Waals surface area contributed by atoms with Gasteiger partial charge in [0, 0.05) is 13.3 Å². The first-order valence-corrected chi connectivity index (χ1v) is 7.95. The van der Waals surface area contributed by atoms with E-state index in [1.165, 1.54) is 0 Å². The molecule has 1 aromatic rings. The van der Waals surface area contributed by atoms with Crippen LogP contribution in [0, 0.1) is 0 Å². The van der Waals surface area contributed by atoms with Gasteiger partial charge in [0.25, 0.3) is 0 Å². The maximum absolute atomic E-state index is 13.8. The largest absolute Gasteiger partial charge is 0.460 e. The standard InChI is InChI=1S/C16H11F13O3/c1-7(30)32-9-4-2-3-8(5-9)10(31)6-11(17,18)12(19,20)13(21,22)14(23,24)15(25,26)16(27,28)29/h2-5,10,31H,6H2,1H3. The number of rotatable bonds is 8. The predicted molar refractivity (Wildman–Crippen MR) is 78.1 cm³/mol. The van der Waals surface area contributed by atoms with Crippen LogP contribution in [0.15, 0.2) is 24.3 Å². The summed E-state index contributed by atoms with van der Waals surface area (Å²) in [7, 11) is 0. The second-order valence-electron chi connectivity index (χ2n) is 6.39. The maximum Gasteiger partial charge on any atom is 0.460 e. The van der Waals surface area contributed by atoms with E-state index in [2.05, 4.69) is 4.74 Å². The van der Waals surface area contributed by atoms with E-state index in [9.17, 15) is 67.0 Å². The quantitative estimate of drug-likeness (QED) is 0.281. The first-order valence-electron chi connectivity index (χ1n) is 7.95. The molecule has 1 unspecified atom stereocenters. The number of aliphatic hydroxyl groups is 1. The van der Waals surface area contributed by atoms with Crippen molar-refractivity contribution in [1.82, 2.24) is 0 Å². The van der Waals surface area contributed by atoms with E-state index in [0.29, 0.717) is 6.07 Å². The summed E-state index contributed by atoms with van der Waals surface area (Å²) in [5.41, 5.74) is -0.796. The molecule has 0 aliphatic carbocycles. The fraction of sp³-hybridized carbons (Fsp3) is 0.562. The molecule has 32 heavy (non-hydrogen) atoms. The van der Waals surface area contributed by atoms with Crippen LogP contribution in [0.4, 0.5) is 57.1 Å². The molecule has 0 saturated heterocycles. The molecule has 16 heteroatoms. The first-order chi connectivity index (χ1) is 14.0. The van der Waals surface area contributed by atoms with Gasteiger partial charge in [-0.05, 0) is 17.7 Å². The van der Waals surface area contributed by atoms with Crippen molar-refractivity contribution in [3.05, 3.63) is 29.8 Å². The number of carbonyl (C=O) groups is 1. The van der Waals surface area contributed by atoms with E-state index < -0.39 is 65.6 Å². The number of carbonyl (C=O) groups excluding carboxylic acids is 1. The second-order valence-corrected chi connectivity index (χ2v) is 6.39. The van der Waals surface area contributed by atoms with Crippen LogP contribution in [0.3, 0.4) is 0 Å². The van der Waals surface area contributed by atoms with Crippen LogP contribution >= 0.6 is 0 Å². The zero-order chi connectivity index (χ0) is 25.6. The normalized spacial score (nSPS) is 15.5. The Morgan fingerprint density at radius 3 is 1.75 bits per heavy atom. The highest BCUT2D eigenvalue weighted by Gasteiger charge is 2.90. The molecule has 1 atom stereocenters. The Balaban J connectivity index is 3.32. The number of ether oxygens (including phenoxy) is 1. The Bertz CT molecular complexity index is 833. The van der Waals surface area contributed by atoms with Gasteiger partial charge in [-0.2, -0.15) is 57.1 Å². The monoisotopic (exact) mass is 498 g/mol. The van der Waals surface area contributed by atoms with Crippen molar-refractivity contribution in [2.24, 2.45) is 0 Å². The fourth-order valence-corrected chi connectivity index (χ4v) is 2.24. The lowest BCUT2D eigenvalue weighted by Gasteiger charge is -2.40. The Morgan fingerprint density at radius 1 is 0.844 bits per heavy atom. The summed E-state index contributed by atoms with van der Waals surface area (Å²) in [4.78, 5) is 10.8. The number of hydrogen-bond donors (Lipinski definition) is 1. The van der Waals surface area contributed by atoms with Gasteiger partial charge in [-0.1, -0.05) is 12.1 Å². The van der Waals surface area contributed by atoms with Crippen molar-refractivity contribution in [2.45, 2.75) is 55.2 Å². The number of esters is 1. The van der Waals surface area contributed by atoms with E-state index in [1.807, 2.05) is 0 Å². The SMILES string of the molecule is CC(=O)Oc1cccc(C(O)CC(F)(F)C(F)(F)C(F)(F)C(F)(F)C(F)(F)C(F)(F)F)c1. The van der Waals surface area contributed by atoms with Crippen LogP contribution in [0.5, 0.6) is 5.75 Å². The minimum absolute atomic E-state index is 0.453. The van der Waals surface area contributed by atoms with Gasteiger partial charge in [-0.3, -0.25) is 4.79 Å². The van der Waals surface area contributed by atoms with E-state index in [-0.39, 0.29) is 0 Å². The highest BCUT2D eigenvalue weighted by atomic mass is 19.4. The average molecular weight is 498 g/mol. The van der Waals surface area contributed by atoms with Crippen molar-refractivity contribution in [2.75, 3.05) is 0 Å². The lowest BCUT2D eigenvalue weighted by Crippen LogP contribution is -2.70. The highest BCUT2D eigenvalue weighted by Crippen LogP contribution is 2.61. The Hall–Kier alpha value is -2.26. The number of halogens is 13. The minimum atomic E-state index is -8.01. The first kappa shape index (κ1) is 27.8. The molecule has 0 heterocycles. The van der Waals surface area contributed by atoms with E-state index in [4.69, 9.17) is 0 Å². The van der Waals surface area contributed by atoms with Gasteiger partial charge in [0.2, 0.25) is 0 Å². The summed E-state index contributed by atoms with van der Waals surface area (Å²) >= 11 is 0. The topological polar surface area (TPSA) is 46.5 Å². The van der Waals surface area contributed by atoms with Crippen molar-refractivity contribution in [1.29, 1.82) is 0 Å². The zero-order valence-corrected chi connectivity index (χ0v) is 15.3. The fourth-order valence-electron chi connectivity index (χ4n) is 2.24. The van der Waals surface area contributed by atoms with Crippen LogP contribution in [0.2, 0.25) is 0 Å². The molecular weight excluding hydrogens is 487 g/mol. The number of alkyl halides is 13. The van der Waals surface area contributed by atoms with Gasteiger partial charge in [0.05, 0.1) is 6.10 Å². The molecule has 184 valence electrons. The average Bonchev–Trinajstić information content (AvgIpc) is 2.59. The Morgan fingerprint density at radius 2 is 1.31 bits per heavy atom. The summed E-state index contributed by atoms with van der Waals surface area (Å²) in [5, 5.41) is 9.62. The van der Waals surface area contributed by atoms with Gasteiger partial charge in [-0.25, -0.2) is 0 Å². The lowest BCUT2D eigenvalue weighted by atomic mass is 9.90. The Kier molecular flexibility index (Phi) is 7.17. The third kappa shape index (κ3) is 4.59. The maximum atomic E-state index is 13.8. The van der Waals surface area contributed by atoms with Crippen molar-refractivity contribution >= 4 is 5.97 Å². The molecule has 0 amide bonds. The minimum Gasteiger partial charge on any atom is -0.427 e. The molecule has 0 aliphatic heterocycles. The number of hydrogen-bond acceptors (Lipinski definition) is 3. The molecule has 1 aromatic carbocycles. The van der Waals surface area contributed by atoms with Crippen molar-refractivity contribution in [3.63, 3.8) is 0 Å². The summed E-state index contributed by atoms with van der Waals surface area (Å²) < 4.78 is 174. The Labute approximate surface area is 169 Å². The molecule has 0 spiro atoms. The van der Waals surface area contributed by atoms with Crippen molar-refractivity contribution in [3.8, 4) is 5.75 Å². The van der Waals surface area contributed by atoms with Crippen LogP contribution in [0.1, 0.15) is 25.0 Å². The zero-order valence-electron chi connectivity index (χ0n) is 15.3. The van der Waals surface area contributed by atoms with Gasteiger partial charge < -0.3 is 9.84 Å². The lowest BCUT2D eigenvalue weighted by molar-refractivity contribution is -0.440. The van der Waals surface area contributed by atoms with E-state index >= 15 is 0 Å².